The third-order valence-corrected chi connectivity index (χ3v) is 4.20. The molecule has 0 amide bonds. The topological polar surface area (TPSA) is 64.9 Å². The van der Waals surface area contributed by atoms with Crippen molar-refractivity contribution < 1.29 is 9.13 Å². The van der Waals surface area contributed by atoms with Gasteiger partial charge in [-0.1, -0.05) is 18.2 Å². The molecule has 0 atom stereocenters. The highest BCUT2D eigenvalue weighted by Gasteiger charge is 2.13. The Labute approximate surface area is 161 Å². The number of hydrogen-bond donors (Lipinski definition) is 1. The fraction of sp³-hybridized carbons (Fsp3) is 0.0952. The molecule has 7 heteroatoms. The Morgan fingerprint density at radius 3 is 2.57 bits per heavy atom. The Balaban J connectivity index is 1.67. The molecular formula is C21H18FN5O. The Kier molecular flexibility index (Phi) is 4.97. The SMILES string of the molecule is COc1ccnc(NCc2cn(-c3ccccc3)nc2-c2ccc(F)cc2)n1. The second-order valence-electron chi connectivity index (χ2n) is 6.07. The fourth-order valence-corrected chi connectivity index (χ4v) is 2.82. The predicted octanol–water partition coefficient (Wildman–Crippen LogP) is 4.09. The quantitative estimate of drug-likeness (QED) is 0.550. The number of hydrogen-bond acceptors (Lipinski definition) is 5. The maximum absolute atomic E-state index is 13.3. The molecule has 2 aromatic heterocycles. The summed E-state index contributed by atoms with van der Waals surface area (Å²) in [6, 6.07) is 17.8. The average molecular weight is 375 g/mol. The van der Waals surface area contributed by atoms with Crippen molar-refractivity contribution in [1.82, 2.24) is 19.7 Å². The number of methoxy groups -OCH3 is 1. The van der Waals surface area contributed by atoms with Crippen LogP contribution in [0, 0.1) is 5.82 Å². The molecule has 2 aromatic carbocycles. The van der Waals surface area contributed by atoms with E-state index in [1.807, 2.05) is 41.2 Å². The number of nitrogens with zero attached hydrogens (tertiary/aromatic N) is 4. The zero-order valence-electron chi connectivity index (χ0n) is 15.2. The highest BCUT2D eigenvalue weighted by molar-refractivity contribution is 5.63. The van der Waals surface area contributed by atoms with Crippen LogP contribution in [0.3, 0.4) is 0 Å². The minimum Gasteiger partial charge on any atom is -0.481 e. The van der Waals surface area contributed by atoms with Crippen molar-refractivity contribution in [3.63, 3.8) is 0 Å². The van der Waals surface area contributed by atoms with Gasteiger partial charge in [0, 0.05) is 36.1 Å². The van der Waals surface area contributed by atoms with E-state index in [0.717, 1.165) is 22.5 Å². The number of benzene rings is 2. The van der Waals surface area contributed by atoms with Gasteiger partial charge in [-0.15, -0.1) is 0 Å². The molecule has 0 spiro atoms. The number of anilines is 1. The lowest BCUT2D eigenvalue weighted by Gasteiger charge is -2.06. The summed E-state index contributed by atoms with van der Waals surface area (Å²) in [6.07, 6.45) is 3.57. The van der Waals surface area contributed by atoms with Crippen LogP contribution in [-0.4, -0.2) is 26.9 Å². The maximum atomic E-state index is 13.3. The van der Waals surface area contributed by atoms with Gasteiger partial charge < -0.3 is 10.1 Å². The molecule has 2 heterocycles. The first kappa shape index (κ1) is 17.7. The minimum atomic E-state index is -0.282. The second-order valence-corrected chi connectivity index (χ2v) is 6.07. The number of aromatic nitrogens is 4. The summed E-state index contributed by atoms with van der Waals surface area (Å²) in [5.41, 5.74) is 3.47. The van der Waals surface area contributed by atoms with Crippen molar-refractivity contribution >= 4 is 5.95 Å². The molecule has 0 bridgehead atoms. The molecule has 0 fully saturated rings. The summed E-state index contributed by atoms with van der Waals surface area (Å²) in [5.74, 6) is 0.656. The smallest absolute Gasteiger partial charge is 0.226 e. The first-order valence-electron chi connectivity index (χ1n) is 8.74. The summed E-state index contributed by atoms with van der Waals surface area (Å²) >= 11 is 0. The molecule has 0 unspecified atom stereocenters. The van der Waals surface area contributed by atoms with E-state index >= 15 is 0 Å². The molecular weight excluding hydrogens is 357 g/mol. The van der Waals surface area contributed by atoms with E-state index in [-0.39, 0.29) is 5.82 Å². The van der Waals surface area contributed by atoms with Crippen LogP contribution in [0.15, 0.2) is 73.1 Å². The van der Waals surface area contributed by atoms with Gasteiger partial charge in [-0.2, -0.15) is 10.1 Å². The number of halogens is 1. The second kappa shape index (κ2) is 7.87. The van der Waals surface area contributed by atoms with Crippen LogP contribution in [0.5, 0.6) is 5.88 Å². The number of para-hydroxylation sites is 1. The zero-order chi connectivity index (χ0) is 19.3. The standard InChI is InChI=1S/C21H18FN5O/c1-28-19-11-12-23-21(25-19)24-13-16-14-27(18-5-3-2-4-6-18)26-20(16)15-7-9-17(22)10-8-15/h2-12,14H,13H2,1H3,(H,23,24,25). The van der Waals surface area contributed by atoms with Crippen LogP contribution in [0.2, 0.25) is 0 Å². The van der Waals surface area contributed by atoms with E-state index in [1.165, 1.54) is 12.1 Å². The number of nitrogens with one attached hydrogen (secondary N) is 1. The van der Waals surface area contributed by atoms with Gasteiger partial charge in [0.2, 0.25) is 11.8 Å². The van der Waals surface area contributed by atoms with Gasteiger partial charge in [-0.3, -0.25) is 0 Å². The van der Waals surface area contributed by atoms with Crippen LogP contribution in [-0.2, 0) is 6.54 Å². The summed E-state index contributed by atoms with van der Waals surface area (Å²) in [6.45, 7) is 0.451. The van der Waals surface area contributed by atoms with E-state index in [1.54, 1.807) is 31.5 Å². The minimum absolute atomic E-state index is 0.282. The molecule has 6 nitrogen and oxygen atoms in total. The Hall–Kier alpha value is -3.74. The van der Waals surface area contributed by atoms with Gasteiger partial charge in [0.25, 0.3) is 0 Å². The van der Waals surface area contributed by atoms with Crippen molar-refractivity contribution in [2.24, 2.45) is 0 Å². The van der Waals surface area contributed by atoms with Crippen molar-refractivity contribution in [3.05, 3.63) is 84.4 Å². The van der Waals surface area contributed by atoms with E-state index in [4.69, 9.17) is 9.84 Å². The van der Waals surface area contributed by atoms with Gasteiger partial charge in [0.1, 0.15) is 5.82 Å². The lowest BCUT2D eigenvalue weighted by atomic mass is 10.1. The maximum Gasteiger partial charge on any atom is 0.226 e. The highest BCUT2D eigenvalue weighted by atomic mass is 19.1. The van der Waals surface area contributed by atoms with Crippen molar-refractivity contribution in [1.29, 1.82) is 0 Å². The van der Waals surface area contributed by atoms with E-state index < -0.39 is 0 Å². The fourth-order valence-electron chi connectivity index (χ4n) is 2.82. The third kappa shape index (κ3) is 3.83. The molecule has 4 rings (SSSR count). The third-order valence-electron chi connectivity index (χ3n) is 4.20. The lowest BCUT2D eigenvalue weighted by molar-refractivity contribution is 0.397. The van der Waals surface area contributed by atoms with Crippen LogP contribution >= 0.6 is 0 Å². The highest BCUT2D eigenvalue weighted by Crippen LogP contribution is 2.25. The van der Waals surface area contributed by atoms with Crippen molar-refractivity contribution in [3.8, 4) is 22.8 Å². The molecule has 1 N–H and O–H groups in total. The molecule has 0 saturated carbocycles. The Morgan fingerprint density at radius 1 is 1.04 bits per heavy atom. The van der Waals surface area contributed by atoms with Gasteiger partial charge in [0.15, 0.2) is 0 Å². The molecule has 0 radical (unpaired) electrons. The van der Waals surface area contributed by atoms with Crippen LogP contribution in [0.4, 0.5) is 10.3 Å². The number of ether oxygens (including phenoxy) is 1. The van der Waals surface area contributed by atoms with E-state index in [9.17, 15) is 4.39 Å². The monoisotopic (exact) mass is 375 g/mol. The lowest BCUT2D eigenvalue weighted by Crippen LogP contribution is -2.04. The molecule has 0 aliphatic heterocycles. The van der Waals surface area contributed by atoms with Gasteiger partial charge in [-0.25, -0.2) is 14.1 Å². The summed E-state index contributed by atoms with van der Waals surface area (Å²) in [5, 5.41) is 7.91. The molecule has 4 aromatic rings. The van der Waals surface area contributed by atoms with Crippen LogP contribution in [0.25, 0.3) is 16.9 Å². The molecule has 0 saturated heterocycles. The van der Waals surface area contributed by atoms with Crippen LogP contribution in [0.1, 0.15) is 5.56 Å². The molecule has 0 aliphatic carbocycles. The average Bonchev–Trinajstić information content (AvgIpc) is 3.18. The Bertz CT molecular complexity index is 1060. The Morgan fingerprint density at radius 2 is 1.82 bits per heavy atom. The summed E-state index contributed by atoms with van der Waals surface area (Å²) in [4.78, 5) is 8.47. The zero-order valence-corrected chi connectivity index (χ0v) is 15.2. The molecule has 28 heavy (non-hydrogen) atoms. The van der Waals surface area contributed by atoms with Crippen molar-refractivity contribution in [2.45, 2.75) is 6.54 Å². The summed E-state index contributed by atoms with van der Waals surface area (Å²) in [7, 11) is 1.56. The first-order chi connectivity index (χ1) is 13.7. The van der Waals surface area contributed by atoms with Gasteiger partial charge >= 0.3 is 0 Å². The van der Waals surface area contributed by atoms with Gasteiger partial charge in [0.05, 0.1) is 18.5 Å². The molecule has 0 aliphatic rings. The molecule has 140 valence electrons. The van der Waals surface area contributed by atoms with Crippen LogP contribution < -0.4 is 10.1 Å². The normalized spacial score (nSPS) is 10.6. The van der Waals surface area contributed by atoms with E-state index in [0.29, 0.717) is 18.4 Å². The van der Waals surface area contributed by atoms with Crippen molar-refractivity contribution in [2.75, 3.05) is 12.4 Å². The summed E-state index contributed by atoms with van der Waals surface area (Å²) < 4.78 is 20.3. The van der Waals surface area contributed by atoms with E-state index in [2.05, 4.69) is 15.3 Å². The largest absolute Gasteiger partial charge is 0.481 e. The van der Waals surface area contributed by atoms with Gasteiger partial charge in [-0.05, 0) is 36.4 Å². The predicted molar refractivity (Wildman–Crippen MR) is 105 cm³/mol. The number of rotatable bonds is 6. The first-order valence-corrected chi connectivity index (χ1v) is 8.74.